The lowest BCUT2D eigenvalue weighted by molar-refractivity contribution is -0.162. The van der Waals surface area contributed by atoms with E-state index in [0.717, 1.165) is 17.7 Å². The third-order valence-corrected chi connectivity index (χ3v) is 10.3. The van der Waals surface area contributed by atoms with Crippen molar-refractivity contribution in [3.05, 3.63) is 65.2 Å². The number of esters is 1. The number of amides is 7. The summed E-state index contributed by atoms with van der Waals surface area (Å²) >= 11 is 0. The van der Waals surface area contributed by atoms with Crippen molar-refractivity contribution in [3.8, 4) is 0 Å². The molecule has 0 aliphatic carbocycles. The molecule has 15 nitrogen and oxygen atoms in total. The summed E-state index contributed by atoms with van der Waals surface area (Å²) in [6.45, 7) is 6.51. The number of anilines is 1. The van der Waals surface area contributed by atoms with E-state index in [4.69, 9.17) is 4.74 Å². The molecule has 5 rings (SSSR count). The van der Waals surface area contributed by atoms with Crippen LogP contribution in [0.1, 0.15) is 57.6 Å². The minimum atomic E-state index is -1.62. The summed E-state index contributed by atoms with van der Waals surface area (Å²) in [5, 5.41) is 10.3. The Morgan fingerprint density at radius 2 is 1.47 bits per heavy atom. The molecule has 2 aromatic rings. The Labute approximate surface area is 317 Å². The molecule has 0 aromatic heterocycles. The first-order chi connectivity index (χ1) is 26.0. The smallest absolute Gasteiger partial charge is 0.329 e. The number of urea groups is 1. The van der Waals surface area contributed by atoms with Gasteiger partial charge in [0.2, 0.25) is 29.5 Å². The van der Waals surface area contributed by atoms with Crippen LogP contribution in [0.15, 0.2) is 42.5 Å². The number of aryl methyl sites for hydroxylation is 1. The lowest BCUT2D eigenvalue weighted by Crippen LogP contribution is -2.62. The van der Waals surface area contributed by atoms with Gasteiger partial charge in [-0.25, -0.2) is 18.4 Å². The number of fused-ring (bicyclic) bond motifs is 2. The fourth-order valence-corrected chi connectivity index (χ4v) is 7.09. The van der Waals surface area contributed by atoms with Crippen molar-refractivity contribution in [1.82, 2.24) is 30.7 Å². The van der Waals surface area contributed by atoms with Gasteiger partial charge in [0.1, 0.15) is 54.0 Å². The number of cyclic esters (lactones) is 1. The predicted molar refractivity (Wildman–Crippen MR) is 194 cm³/mol. The fourth-order valence-electron chi connectivity index (χ4n) is 7.09. The Hall–Kier alpha value is -5.61. The number of hydrogen-bond acceptors (Lipinski definition) is 8. The second kappa shape index (κ2) is 17.2. The van der Waals surface area contributed by atoms with E-state index in [1.165, 1.54) is 42.5 Å². The summed E-state index contributed by atoms with van der Waals surface area (Å²) in [6.07, 6.45) is -0.434. The van der Waals surface area contributed by atoms with Crippen LogP contribution in [0.25, 0.3) is 0 Å². The van der Waals surface area contributed by atoms with Gasteiger partial charge in [0, 0.05) is 38.3 Å². The molecule has 3 aliphatic heterocycles. The van der Waals surface area contributed by atoms with Crippen LogP contribution < -0.4 is 21.3 Å². The van der Waals surface area contributed by atoms with E-state index < -0.39 is 102 Å². The highest BCUT2D eigenvalue weighted by atomic mass is 19.1. The van der Waals surface area contributed by atoms with Gasteiger partial charge in [0.05, 0.1) is 0 Å². The third kappa shape index (κ3) is 9.56. The summed E-state index contributed by atoms with van der Waals surface area (Å²) < 4.78 is 34.3. The average molecular weight is 768 g/mol. The Morgan fingerprint density at radius 3 is 2.11 bits per heavy atom. The minimum Gasteiger partial charge on any atom is -0.458 e. The van der Waals surface area contributed by atoms with Crippen molar-refractivity contribution in [2.75, 3.05) is 25.5 Å². The SMILES string of the molecule is Cc1ccc(NC(=O)N[C@@H](Cc2cc(F)cc(F)c2)C(=O)N[C@@H]2C(=O)N3CCC[C@H]3C(=O)N(C)[C@@H](C)C(=O)N[C@@H](C)C(=O)N3CCCC3C(=O)O[C@H]2C)cc1. The zero-order valence-corrected chi connectivity index (χ0v) is 31.4. The monoisotopic (exact) mass is 767 g/mol. The standard InChI is InChI=1S/C38H47F2N7O8/c1-20-10-12-27(13-11-20)42-38(54)43-28(18-24-16-25(39)19-26(40)17-24)33(49)44-31-23(4)55-37(53)30-9-7-15-47(30)34(50)21(2)41-32(48)22(3)45(5)35(51)29-8-6-14-46(29)36(31)52/h10-13,16-17,19,21-23,28-31H,6-9,14-15,18H2,1-5H3,(H,41,48)(H,44,49)(H2,42,43,54)/t21-,22-,23-,28-,29-,30?,31-/m0/s1. The molecule has 3 aliphatic rings. The number of carbonyl (C=O) groups excluding carboxylic acids is 7. The normalized spacial score (nSPS) is 25.8. The molecule has 296 valence electrons. The van der Waals surface area contributed by atoms with Crippen LogP contribution in [-0.2, 0) is 39.9 Å². The molecular weight excluding hydrogens is 720 g/mol. The third-order valence-electron chi connectivity index (χ3n) is 10.3. The highest BCUT2D eigenvalue weighted by molar-refractivity contribution is 5.98. The molecule has 0 saturated carbocycles. The minimum absolute atomic E-state index is 0.0173. The van der Waals surface area contributed by atoms with Crippen LogP contribution in [0.3, 0.4) is 0 Å². The maximum absolute atomic E-state index is 14.5. The molecule has 0 spiro atoms. The van der Waals surface area contributed by atoms with E-state index in [2.05, 4.69) is 21.3 Å². The van der Waals surface area contributed by atoms with E-state index in [-0.39, 0.29) is 31.5 Å². The molecule has 7 amide bonds. The Kier molecular flexibility index (Phi) is 12.7. The van der Waals surface area contributed by atoms with E-state index >= 15 is 0 Å². The molecule has 3 saturated heterocycles. The zero-order valence-electron chi connectivity index (χ0n) is 31.4. The van der Waals surface area contributed by atoms with Crippen molar-refractivity contribution in [1.29, 1.82) is 0 Å². The Morgan fingerprint density at radius 1 is 0.873 bits per heavy atom. The largest absolute Gasteiger partial charge is 0.458 e. The van der Waals surface area contributed by atoms with Crippen molar-refractivity contribution in [2.24, 2.45) is 0 Å². The molecule has 0 radical (unpaired) electrons. The van der Waals surface area contributed by atoms with Crippen LogP contribution in [0, 0.1) is 18.6 Å². The van der Waals surface area contributed by atoms with Gasteiger partial charge in [-0.05, 0) is 83.2 Å². The predicted octanol–water partition coefficient (Wildman–Crippen LogP) is 1.77. The van der Waals surface area contributed by atoms with Crippen molar-refractivity contribution >= 4 is 47.2 Å². The molecule has 3 fully saturated rings. The van der Waals surface area contributed by atoms with Gasteiger partial charge in [0.25, 0.3) is 0 Å². The lowest BCUT2D eigenvalue weighted by atomic mass is 10.0. The maximum Gasteiger partial charge on any atom is 0.329 e. The van der Waals surface area contributed by atoms with Gasteiger partial charge < -0.3 is 40.7 Å². The number of hydrogen-bond donors (Lipinski definition) is 4. The molecule has 1 unspecified atom stereocenters. The van der Waals surface area contributed by atoms with E-state index in [1.807, 2.05) is 6.92 Å². The molecule has 3 heterocycles. The number of halogens is 2. The summed E-state index contributed by atoms with van der Waals surface area (Å²) in [6, 6.07) is 1.30. The average Bonchev–Trinajstić information content (AvgIpc) is 3.83. The summed E-state index contributed by atoms with van der Waals surface area (Å²) in [5.74, 6) is -6.13. The second-order valence-electron chi connectivity index (χ2n) is 14.4. The maximum atomic E-state index is 14.5. The van der Waals surface area contributed by atoms with Gasteiger partial charge in [-0.15, -0.1) is 0 Å². The van der Waals surface area contributed by atoms with Crippen LogP contribution in [0.5, 0.6) is 0 Å². The first-order valence-electron chi connectivity index (χ1n) is 18.3. The van der Waals surface area contributed by atoms with E-state index in [0.29, 0.717) is 24.6 Å². The number of carbonyl (C=O) groups is 7. The highest BCUT2D eigenvalue weighted by Gasteiger charge is 2.45. The van der Waals surface area contributed by atoms with Crippen LogP contribution >= 0.6 is 0 Å². The van der Waals surface area contributed by atoms with Crippen molar-refractivity contribution < 1.29 is 47.1 Å². The van der Waals surface area contributed by atoms with Crippen LogP contribution in [0.4, 0.5) is 19.3 Å². The van der Waals surface area contributed by atoms with Gasteiger partial charge >= 0.3 is 12.0 Å². The van der Waals surface area contributed by atoms with Gasteiger partial charge in [-0.2, -0.15) is 0 Å². The molecule has 17 heteroatoms. The quantitative estimate of drug-likeness (QED) is 0.321. The first-order valence-corrected chi connectivity index (χ1v) is 18.3. The molecule has 4 N–H and O–H groups in total. The fraction of sp³-hybridized carbons (Fsp3) is 0.500. The van der Waals surface area contributed by atoms with E-state index in [9.17, 15) is 42.3 Å². The molecular formula is C38H47F2N7O8. The van der Waals surface area contributed by atoms with Gasteiger partial charge in [-0.1, -0.05) is 17.7 Å². The topological polar surface area (TPSA) is 187 Å². The summed E-state index contributed by atoms with van der Waals surface area (Å²) in [4.78, 5) is 99.7. The molecule has 55 heavy (non-hydrogen) atoms. The van der Waals surface area contributed by atoms with Gasteiger partial charge in [-0.3, -0.25) is 24.0 Å². The number of nitrogens with zero attached hydrogens (tertiary/aromatic N) is 3. The number of likely N-dealkylation sites (N-methyl/N-ethyl adjacent to an activating group) is 1. The van der Waals surface area contributed by atoms with Crippen LogP contribution in [0.2, 0.25) is 0 Å². The number of benzene rings is 2. The number of ether oxygens (including phenoxy) is 1. The summed E-state index contributed by atoms with van der Waals surface area (Å²) in [7, 11) is 1.41. The summed E-state index contributed by atoms with van der Waals surface area (Å²) in [5.41, 5.74) is 1.34. The zero-order chi connectivity index (χ0) is 40.1. The Balaban J connectivity index is 1.48. The molecule has 2 aromatic carbocycles. The number of nitrogens with one attached hydrogen (secondary N) is 4. The molecule has 7 atom stereocenters. The Bertz CT molecular complexity index is 1810. The second-order valence-corrected chi connectivity index (χ2v) is 14.4. The lowest BCUT2D eigenvalue weighted by Gasteiger charge is -2.36. The molecule has 0 bridgehead atoms. The number of rotatable bonds is 6. The van der Waals surface area contributed by atoms with Crippen LogP contribution in [-0.4, -0.2) is 119 Å². The van der Waals surface area contributed by atoms with Gasteiger partial charge in [0.15, 0.2) is 0 Å². The van der Waals surface area contributed by atoms with Crippen molar-refractivity contribution in [3.63, 3.8) is 0 Å². The van der Waals surface area contributed by atoms with Crippen molar-refractivity contribution in [2.45, 2.75) is 102 Å². The van der Waals surface area contributed by atoms with E-state index in [1.54, 1.807) is 24.3 Å². The first kappa shape index (κ1) is 40.6. The highest BCUT2D eigenvalue weighted by Crippen LogP contribution is 2.25.